The van der Waals surface area contributed by atoms with E-state index in [4.69, 9.17) is 5.53 Å². The highest BCUT2D eigenvalue weighted by atomic mass is 32.1. The number of fused-ring (bicyclic) bond motifs is 3. The summed E-state index contributed by atoms with van der Waals surface area (Å²) in [4.78, 5) is 46.4. The molecule has 0 saturated heterocycles. The number of esters is 1. The molecule has 2 aromatic heterocycles. The molecule has 3 aromatic rings. The van der Waals surface area contributed by atoms with Crippen LogP contribution in [0.2, 0.25) is 0 Å². The fourth-order valence-electron chi connectivity index (χ4n) is 3.29. The lowest BCUT2D eigenvalue weighted by atomic mass is 9.97. The number of carbonyl (C=O) groups excluding carboxylic acids is 3. The van der Waals surface area contributed by atoms with Crippen molar-refractivity contribution in [3.8, 4) is 0 Å². The van der Waals surface area contributed by atoms with E-state index < -0.39 is 11.9 Å². The quantitative estimate of drug-likeness (QED) is 0.247. The minimum absolute atomic E-state index is 0.116. The summed E-state index contributed by atoms with van der Waals surface area (Å²) in [6.07, 6.45) is 0.472. The SMILES string of the molecule is COC(=O)c1csc(NC(=O)c2ccc3[nH]c4c(c3c2)CC(CN=[N+]=[N-])NC4=O)n1. The molecule has 0 spiro atoms. The summed E-state index contributed by atoms with van der Waals surface area (Å²) in [5, 5.41) is 11.5. The monoisotopic (exact) mass is 425 g/mol. The summed E-state index contributed by atoms with van der Waals surface area (Å²) < 4.78 is 4.60. The van der Waals surface area contributed by atoms with Gasteiger partial charge in [-0.25, -0.2) is 9.78 Å². The van der Waals surface area contributed by atoms with Crippen LogP contribution in [0.15, 0.2) is 28.7 Å². The number of rotatable bonds is 5. The first-order chi connectivity index (χ1) is 14.5. The number of methoxy groups -OCH3 is 1. The standard InChI is InChI=1S/C18H15N7O4S/c1-29-17(28)13-7-30-18(23-13)24-15(26)8-2-3-12-10(4-8)11-5-9(6-20-25-19)21-16(27)14(11)22-12/h2-4,7,9,22H,5-6H2,1H3,(H,21,27)(H,23,24,26). The van der Waals surface area contributed by atoms with E-state index in [9.17, 15) is 14.4 Å². The summed E-state index contributed by atoms with van der Waals surface area (Å²) in [6.45, 7) is 0.140. The third kappa shape index (κ3) is 3.56. The van der Waals surface area contributed by atoms with Crippen molar-refractivity contribution in [2.24, 2.45) is 5.11 Å². The first-order valence-electron chi connectivity index (χ1n) is 8.81. The molecule has 3 N–H and O–H groups in total. The van der Waals surface area contributed by atoms with E-state index in [0.29, 0.717) is 17.7 Å². The third-order valence-corrected chi connectivity index (χ3v) is 5.42. The summed E-state index contributed by atoms with van der Waals surface area (Å²) in [5.41, 5.74) is 10.9. The van der Waals surface area contributed by atoms with Crippen LogP contribution >= 0.6 is 11.3 Å². The van der Waals surface area contributed by atoms with Gasteiger partial charge in [-0.3, -0.25) is 14.9 Å². The number of anilines is 1. The fraction of sp³-hybridized carbons (Fsp3) is 0.222. The van der Waals surface area contributed by atoms with Crippen LogP contribution in [0.3, 0.4) is 0 Å². The Bertz CT molecular complexity index is 1220. The number of aromatic amines is 1. The molecular weight excluding hydrogens is 410 g/mol. The van der Waals surface area contributed by atoms with Crippen molar-refractivity contribution in [1.29, 1.82) is 0 Å². The average molecular weight is 425 g/mol. The Morgan fingerprint density at radius 2 is 2.30 bits per heavy atom. The maximum atomic E-state index is 12.7. The van der Waals surface area contributed by atoms with Crippen molar-refractivity contribution in [3.05, 3.63) is 56.5 Å². The number of ether oxygens (including phenoxy) is 1. The Balaban J connectivity index is 1.61. The second-order valence-electron chi connectivity index (χ2n) is 6.51. The Hall–Kier alpha value is -3.89. The molecule has 0 saturated carbocycles. The van der Waals surface area contributed by atoms with Crippen LogP contribution < -0.4 is 10.6 Å². The van der Waals surface area contributed by atoms with Crippen LogP contribution in [0.1, 0.15) is 36.9 Å². The number of nitrogens with zero attached hydrogens (tertiary/aromatic N) is 4. The van der Waals surface area contributed by atoms with E-state index in [0.717, 1.165) is 27.8 Å². The molecule has 0 aliphatic carbocycles. The molecule has 0 fully saturated rings. The van der Waals surface area contributed by atoms with Gasteiger partial charge in [-0.2, -0.15) is 0 Å². The van der Waals surface area contributed by atoms with Crippen LogP contribution in [0.25, 0.3) is 21.3 Å². The van der Waals surface area contributed by atoms with Crippen molar-refractivity contribution < 1.29 is 19.1 Å². The molecular formula is C18H15N7O4S. The molecule has 1 atom stereocenters. The zero-order valence-electron chi connectivity index (χ0n) is 15.6. The summed E-state index contributed by atoms with van der Waals surface area (Å²) >= 11 is 1.11. The minimum Gasteiger partial charge on any atom is -0.464 e. The number of aromatic nitrogens is 2. The van der Waals surface area contributed by atoms with E-state index in [1.165, 1.54) is 12.5 Å². The molecule has 152 valence electrons. The van der Waals surface area contributed by atoms with Crippen LogP contribution in [0.5, 0.6) is 0 Å². The number of H-pyrrole nitrogens is 1. The highest BCUT2D eigenvalue weighted by molar-refractivity contribution is 7.14. The van der Waals surface area contributed by atoms with E-state index in [-0.39, 0.29) is 29.3 Å². The molecule has 4 rings (SSSR count). The molecule has 1 aromatic carbocycles. The van der Waals surface area contributed by atoms with Crippen molar-refractivity contribution >= 4 is 45.2 Å². The maximum absolute atomic E-state index is 12.7. The van der Waals surface area contributed by atoms with Crippen molar-refractivity contribution in [2.45, 2.75) is 12.5 Å². The van der Waals surface area contributed by atoms with Gasteiger partial charge in [0.25, 0.3) is 11.8 Å². The molecule has 30 heavy (non-hydrogen) atoms. The number of nitrogens with one attached hydrogen (secondary N) is 3. The first kappa shape index (κ1) is 19.4. The highest BCUT2D eigenvalue weighted by Gasteiger charge is 2.28. The van der Waals surface area contributed by atoms with Crippen LogP contribution in [0.4, 0.5) is 5.13 Å². The molecule has 3 heterocycles. The number of thiazole rings is 1. The molecule has 12 heteroatoms. The zero-order chi connectivity index (χ0) is 21.3. The molecule has 1 unspecified atom stereocenters. The lowest BCUT2D eigenvalue weighted by Crippen LogP contribution is -2.43. The van der Waals surface area contributed by atoms with Crippen molar-refractivity contribution in [3.63, 3.8) is 0 Å². The number of carbonyl (C=O) groups is 3. The highest BCUT2D eigenvalue weighted by Crippen LogP contribution is 2.28. The van der Waals surface area contributed by atoms with Crippen molar-refractivity contribution in [2.75, 3.05) is 19.0 Å². The van der Waals surface area contributed by atoms with Crippen molar-refractivity contribution in [1.82, 2.24) is 15.3 Å². The summed E-state index contributed by atoms with van der Waals surface area (Å²) in [6, 6.07) is 4.73. The van der Waals surface area contributed by atoms with Gasteiger partial charge in [0.2, 0.25) is 0 Å². The third-order valence-electron chi connectivity index (χ3n) is 4.67. The minimum atomic E-state index is -0.583. The van der Waals surface area contributed by atoms with E-state index in [2.05, 4.69) is 35.4 Å². The lowest BCUT2D eigenvalue weighted by molar-refractivity contribution is 0.0594. The number of hydrogen-bond donors (Lipinski definition) is 3. The van der Waals surface area contributed by atoms with Gasteiger partial charge in [-0.15, -0.1) is 11.3 Å². The largest absolute Gasteiger partial charge is 0.464 e. The van der Waals surface area contributed by atoms with Gasteiger partial charge in [0.05, 0.1) is 7.11 Å². The maximum Gasteiger partial charge on any atom is 0.357 e. The van der Waals surface area contributed by atoms with E-state index >= 15 is 0 Å². The first-order valence-corrected chi connectivity index (χ1v) is 9.69. The number of amides is 2. The molecule has 0 radical (unpaired) electrons. The zero-order valence-corrected chi connectivity index (χ0v) is 16.4. The Morgan fingerprint density at radius 1 is 1.47 bits per heavy atom. The van der Waals surface area contributed by atoms with E-state index in [1.807, 2.05) is 0 Å². The molecule has 1 aliphatic heterocycles. The van der Waals surface area contributed by atoms with Gasteiger partial charge in [0.1, 0.15) is 5.69 Å². The fourth-order valence-corrected chi connectivity index (χ4v) is 3.97. The number of hydrogen-bond acceptors (Lipinski definition) is 7. The topological polar surface area (TPSA) is 162 Å². The summed E-state index contributed by atoms with van der Waals surface area (Å²) in [7, 11) is 1.25. The second kappa shape index (κ2) is 7.85. The van der Waals surface area contributed by atoms with Gasteiger partial charge < -0.3 is 15.0 Å². The van der Waals surface area contributed by atoms with Gasteiger partial charge in [0, 0.05) is 39.3 Å². The van der Waals surface area contributed by atoms with Gasteiger partial charge in [0.15, 0.2) is 10.8 Å². The normalized spacial score (nSPS) is 15.1. The van der Waals surface area contributed by atoms with Crippen LogP contribution in [0, 0.1) is 0 Å². The van der Waals surface area contributed by atoms with Gasteiger partial charge >= 0.3 is 5.97 Å². The van der Waals surface area contributed by atoms with E-state index in [1.54, 1.807) is 18.2 Å². The van der Waals surface area contributed by atoms with Crippen LogP contribution in [-0.2, 0) is 11.2 Å². The number of benzene rings is 1. The Morgan fingerprint density at radius 3 is 3.07 bits per heavy atom. The predicted octanol–water partition coefficient (Wildman–Crippen LogP) is 2.63. The smallest absolute Gasteiger partial charge is 0.357 e. The van der Waals surface area contributed by atoms with Crippen LogP contribution in [-0.4, -0.2) is 47.4 Å². The molecule has 2 amide bonds. The van der Waals surface area contributed by atoms with Gasteiger partial charge in [-0.05, 0) is 35.7 Å². The molecule has 0 bridgehead atoms. The average Bonchev–Trinajstić information content (AvgIpc) is 3.36. The lowest BCUT2D eigenvalue weighted by Gasteiger charge is -2.22. The predicted molar refractivity (Wildman–Crippen MR) is 109 cm³/mol. The molecule has 11 nitrogen and oxygen atoms in total. The second-order valence-corrected chi connectivity index (χ2v) is 7.37. The Kier molecular flexibility index (Phi) is 5.09. The Labute approximate surface area is 173 Å². The number of azide groups is 1. The summed E-state index contributed by atoms with van der Waals surface area (Å²) in [5.74, 6) is -1.26. The van der Waals surface area contributed by atoms with Gasteiger partial charge in [-0.1, -0.05) is 5.11 Å². The molecule has 1 aliphatic rings.